The maximum absolute atomic E-state index is 11.3. The van der Waals surface area contributed by atoms with Gasteiger partial charge in [-0.05, 0) is 30.2 Å². The van der Waals surface area contributed by atoms with Gasteiger partial charge in [-0.3, -0.25) is 10.0 Å². The summed E-state index contributed by atoms with van der Waals surface area (Å²) < 4.78 is 0. The van der Waals surface area contributed by atoms with Crippen molar-refractivity contribution in [1.82, 2.24) is 0 Å². The molecule has 0 aromatic heterocycles. The highest BCUT2D eigenvalue weighted by molar-refractivity contribution is 5.98. The van der Waals surface area contributed by atoms with Crippen LogP contribution in [0.4, 0.5) is 5.69 Å². The van der Waals surface area contributed by atoms with E-state index in [1.165, 1.54) is 6.07 Å². The number of rotatable bonds is 0. The van der Waals surface area contributed by atoms with E-state index in [9.17, 15) is 10.0 Å². The minimum atomic E-state index is -0.739. The first-order valence-electron chi connectivity index (χ1n) is 4.45. The van der Waals surface area contributed by atoms with Crippen LogP contribution in [-0.4, -0.2) is 17.2 Å². The third kappa shape index (κ3) is 1.46. The fraction of sp³-hybridized carbons (Fsp3) is 0.200. The van der Waals surface area contributed by atoms with E-state index in [-0.39, 0.29) is 0 Å². The predicted molar refractivity (Wildman–Crippen MR) is 52.1 cm³/mol. The molecule has 1 aromatic rings. The van der Waals surface area contributed by atoms with Gasteiger partial charge in [-0.25, -0.2) is 0 Å². The van der Waals surface area contributed by atoms with Crippen molar-refractivity contribution in [3.8, 4) is 6.07 Å². The number of nitriles is 1. The molecule has 1 amide bonds. The second-order valence-electron chi connectivity index (χ2n) is 3.42. The molecule has 5 nitrogen and oxygen atoms in total. The molecular weight excluding hydrogens is 194 g/mol. The van der Waals surface area contributed by atoms with Crippen LogP contribution in [0, 0.1) is 11.3 Å². The average Bonchev–Trinajstić information content (AvgIpc) is 2.25. The minimum Gasteiger partial charge on any atom is -0.320 e. The van der Waals surface area contributed by atoms with Gasteiger partial charge in [0.2, 0.25) is 0 Å². The third-order valence-corrected chi connectivity index (χ3v) is 2.40. The monoisotopic (exact) mass is 203 g/mol. The molecule has 0 saturated carbocycles. The fourth-order valence-corrected chi connectivity index (χ4v) is 1.63. The fourth-order valence-electron chi connectivity index (χ4n) is 1.63. The molecule has 0 saturated heterocycles. The van der Waals surface area contributed by atoms with E-state index in [0.29, 0.717) is 28.3 Å². The average molecular weight is 203 g/mol. The number of nitrogens with two attached hydrogens (primary N) is 1. The molecule has 2 rings (SSSR count). The van der Waals surface area contributed by atoms with Crippen molar-refractivity contribution in [2.75, 3.05) is 5.06 Å². The molecule has 15 heavy (non-hydrogen) atoms. The van der Waals surface area contributed by atoms with Gasteiger partial charge in [0.15, 0.2) is 0 Å². The lowest BCUT2D eigenvalue weighted by Crippen LogP contribution is -2.47. The molecular formula is C10H9N3O2. The van der Waals surface area contributed by atoms with Gasteiger partial charge >= 0.3 is 0 Å². The number of amides is 1. The van der Waals surface area contributed by atoms with Gasteiger partial charge < -0.3 is 5.73 Å². The Kier molecular flexibility index (Phi) is 2.15. The van der Waals surface area contributed by atoms with E-state index in [1.807, 2.05) is 6.07 Å². The normalized spacial score (nSPS) is 19.7. The summed E-state index contributed by atoms with van der Waals surface area (Å²) in [6.07, 6.45) is 0.348. The predicted octanol–water partition coefficient (Wildman–Crippen LogP) is 0.164. The van der Waals surface area contributed by atoms with Gasteiger partial charge in [0, 0.05) is 0 Å². The Balaban J connectivity index is 2.51. The SMILES string of the molecule is N#Cc1ccc2c(c1)C[C@H](N)C(=O)N2O. The number of carbonyl (C=O) groups excluding carboxylic acids is 1. The number of fused-ring (bicyclic) bond motifs is 1. The van der Waals surface area contributed by atoms with Crippen molar-refractivity contribution in [1.29, 1.82) is 5.26 Å². The van der Waals surface area contributed by atoms with Crippen molar-refractivity contribution in [3.05, 3.63) is 29.3 Å². The summed E-state index contributed by atoms with van der Waals surface area (Å²) in [5.74, 6) is -0.521. The molecule has 0 fully saturated rings. The summed E-state index contributed by atoms with van der Waals surface area (Å²) in [4.78, 5) is 11.3. The second kappa shape index (κ2) is 3.35. The summed E-state index contributed by atoms with van der Waals surface area (Å²) in [6.45, 7) is 0. The van der Waals surface area contributed by atoms with E-state index in [4.69, 9.17) is 11.0 Å². The van der Waals surface area contributed by atoms with Crippen LogP contribution >= 0.6 is 0 Å². The molecule has 0 spiro atoms. The zero-order valence-corrected chi connectivity index (χ0v) is 7.84. The van der Waals surface area contributed by atoms with Gasteiger partial charge in [0.1, 0.15) is 0 Å². The summed E-state index contributed by atoms with van der Waals surface area (Å²) >= 11 is 0. The zero-order valence-electron chi connectivity index (χ0n) is 7.84. The Morgan fingerprint density at radius 3 is 3.00 bits per heavy atom. The molecule has 1 aliphatic rings. The number of nitrogens with zero attached hydrogens (tertiary/aromatic N) is 2. The first kappa shape index (κ1) is 9.65. The smallest absolute Gasteiger partial charge is 0.267 e. The minimum absolute atomic E-state index is 0.348. The highest BCUT2D eigenvalue weighted by Crippen LogP contribution is 2.26. The molecule has 0 unspecified atom stereocenters. The van der Waals surface area contributed by atoms with Crippen molar-refractivity contribution in [3.63, 3.8) is 0 Å². The first-order valence-corrected chi connectivity index (χ1v) is 4.45. The van der Waals surface area contributed by atoms with Crippen LogP contribution in [0.15, 0.2) is 18.2 Å². The van der Waals surface area contributed by atoms with Crippen LogP contribution in [0.1, 0.15) is 11.1 Å². The van der Waals surface area contributed by atoms with E-state index < -0.39 is 11.9 Å². The Bertz CT molecular complexity index is 464. The Morgan fingerprint density at radius 1 is 1.60 bits per heavy atom. The summed E-state index contributed by atoms with van der Waals surface area (Å²) in [5, 5.41) is 18.7. The van der Waals surface area contributed by atoms with Crippen LogP contribution in [0.2, 0.25) is 0 Å². The summed E-state index contributed by atoms with van der Waals surface area (Å²) in [6, 6.07) is 5.97. The maximum Gasteiger partial charge on any atom is 0.267 e. The van der Waals surface area contributed by atoms with Gasteiger partial charge in [-0.2, -0.15) is 10.3 Å². The zero-order chi connectivity index (χ0) is 11.0. The van der Waals surface area contributed by atoms with Gasteiger partial charge in [0.25, 0.3) is 5.91 Å². The van der Waals surface area contributed by atoms with Crippen LogP contribution < -0.4 is 10.8 Å². The largest absolute Gasteiger partial charge is 0.320 e. The number of hydroxylamine groups is 1. The molecule has 76 valence electrons. The highest BCUT2D eigenvalue weighted by atomic mass is 16.5. The molecule has 1 aliphatic heterocycles. The lowest BCUT2D eigenvalue weighted by atomic mass is 9.97. The Hall–Kier alpha value is -1.90. The third-order valence-electron chi connectivity index (χ3n) is 2.40. The van der Waals surface area contributed by atoms with Crippen molar-refractivity contribution < 1.29 is 10.0 Å². The first-order chi connectivity index (χ1) is 7.13. The standard InChI is InChI=1S/C10H9N3O2/c11-5-6-1-2-9-7(3-6)4-8(12)10(14)13(9)15/h1-3,8,15H,4,12H2/t8-/m0/s1. The Labute approximate surface area is 86.3 Å². The summed E-state index contributed by atoms with van der Waals surface area (Å²) in [5.41, 5.74) is 7.15. The van der Waals surface area contributed by atoms with Crippen LogP contribution in [0.3, 0.4) is 0 Å². The van der Waals surface area contributed by atoms with Crippen LogP contribution in [-0.2, 0) is 11.2 Å². The molecule has 0 bridgehead atoms. The molecule has 1 heterocycles. The Morgan fingerprint density at radius 2 is 2.33 bits per heavy atom. The topological polar surface area (TPSA) is 90.3 Å². The highest BCUT2D eigenvalue weighted by Gasteiger charge is 2.29. The van der Waals surface area contributed by atoms with Crippen molar-refractivity contribution in [2.45, 2.75) is 12.5 Å². The quantitative estimate of drug-likeness (QED) is 0.588. The molecule has 1 aromatic carbocycles. The molecule has 5 heteroatoms. The lowest BCUT2D eigenvalue weighted by molar-refractivity contribution is -0.125. The van der Waals surface area contributed by atoms with E-state index in [2.05, 4.69) is 0 Å². The lowest BCUT2D eigenvalue weighted by Gasteiger charge is -2.27. The molecule has 0 radical (unpaired) electrons. The maximum atomic E-state index is 11.3. The van der Waals surface area contributed by atoms with Crippen molar-refractivity contribution >= 4 is 11.6 Å². The number of carbonyl (C=O) groups is 1. The van der Waals surface area contributed by atoms with Crippen molar-refractivity contribution in [2.24, 2.45) is 5.73 Å². The molecule has 3 N–H and O–H groups in total. The van der Waals surface area contributed by atoms with Crippen LogP contribution in [0.5, 0.6) is 0 Å². The van der Waals surface area contributed by atoms with E-state index >= 15 is 0 Å². The number of anilines is 1. The number of hydrogen-bond acceptors (Lipinski definition) is 4. The molecule has 0 aliphatic carbocycles. The van der Waals surface area contributed by atoms with Crippen LogP contribution in [0.25, 0.3) is 0 Å². The van der Waals surface area contributed by atoms with Gasteiger partial charge in [-0.15, -0.1) is 0 Å². The molecule has 1 atom stereocenters. The van der Waals surface area contributed by atoms with Gasteiger partial charge in [-0.1, -0.05) is 0 Å². The van der Waals surface area contributed by atoms with E-state index in [1.54, 1.807) is 12.1 Å². The second-order valence-corrected chi connectivity index (χ2v) is 3.42. The van der Waals surface area contributed by atoms with Gasteiger partial charge in [0.05, 0.1) is 23.4 Å². The van der Waals surface area contributed by atoms with E-state index in [0.717, 1.165) is 0 Å². The summed E-state index contributed by atoms with van der Waals surface area (Å²) in [7, 11) is 0. The number of hydrogen-bond donors (Lipinski definition) is 2. The number of benzene rings is 1.